The smallest absolute Gasteiger partial charge is 0.338 e. The molecule has 2 fully saturated rings. The second-order valence-electron chi connectivity index (χ2n) is 10.0. The standard InChI is InChI=1S/C29H37N3O4/c1-20(2)36-29(33)27-18-26-17-24(23-5-7-25(8-6-23)31-11-15-35-16-12-31)19-32(26)28(21(27)3)22(4)30-9-13-34-14-10-30/h5-8,17-20,22H,9-16H2,1-4H3. The molecule has 0 bridgehead atoms. The molecule has 7 nitrogen and oxygen atoms in total. The molecule has 2 aliphatic rings. The van der Waals surface area contributed by atoms with Crippen LogP contribution in [0.1, 0.15) is 48.4 Å². The first-order valence-electron chi connectivity index (χ1n) is 13.0. The molecule has 36 heavy (non-hydrogen) atoms. The van der Waals surface area contributed by atoms with Gasteiger partial charge in [-0.15, -0.1) is 0 Å². The van der Waals surface area contributed by atoms with E-state index in [-0.39, 0.29) is 18.1 Å². The first-order chi connectivity index (χ1) is 17.4. The summed E-state index contributed by atoms with van der Waals surface area (Å²) in [7, 11) is 0. The summed E-state index contributed by atoms with van der Waals surface area (Å²) in [5, 5.41) is 0. The molecule has 0 radical (unpaired) electrons. The Morgan fingerprint density at radius 1 is 0.889 bits per heavy atom. The number of morpholine rings is 2. The highest BCUT2D eigenvalue weighted by molar-refractivity contribution is 5.93. The fourth-order valence-corrected chi connectivity index (χ4v) is 5.36. The highest BCUT2D eigenvalue weighted by atomic mass is 16.5. The molecule has 1 atom stereocenters. The summed E-state index contributed by atoms with van der Waals surface area (Å²) in [5.74, 6) is -0.266. The molecular formula is C29H37N3O4. The van der Waals surface area contributed by atoms with E-state index in [1.165, 1.54) is 5.69 Å². The van der Waals surface area contributed by atoms with Crippen LogP contribution in [-0.4, -0.2) is 74.0 Å². The number of rotatable bonds is 6. The van der Waals surface area contributed by atoms with Gasteiger partial charge in [-0.1, -0.05) is 12.1 Å². The highest BCUT2D eigenvalue weighted by Crippen LogP contribution is 2.33. The first-order valence-corrected chi connectivity index (χ1v) is 13.0. The Kier molecular flexibility index (Phi) is 7.32. The third-order valence-corrected chi connectivity index (χ3v) is 7.32. The number of benzene rings is 1. The lowest BCUT2D eigenvalue weighted by atomic mass is 10.0. The number of pyridine rings is 1. The minimum Gasteiger partial charge on any atom is -0.459 e. The summed E-state index contributed by atoms with van der Waals surface area (Å²) in [6.07, 6.45) is 2.04. The molecule has 1 unspecified atom stereocenters. The molecule has 2 saturated heterocycles. The van der Waals surface area contributed by atoms with Gasteiger partial charge in [0.2, 0.25) is 0 Å². The van der Waals surface area contributed by atoms with Crippen LogP contribution in [0.3, 0.4) is 0 Å². The van der Waals surface area contributed by atoms with E-state index in [0.717, 1.165) is 80.5 Å². The topological polar surface area (TPSA) is 55.6 Å². The van der Waals surface area contributed by atoms with Crippen molar-refractivity contribution in [1.29, 1.82) is 0 Å². The third-order valence-electron chi connectivity index (χ3n) is 7.32. The quantitative estimate of drug-likeness (QED) is 0.466. The number of ether oxygens (including phenoxy) is 3. The lowest BCUT2D eigenvalue weighted by Gasteiger charge is -2.34. The van der Waals surface area contributed by atoms with Crippen LogP contribution in [-0.2, 0) is 14.2 Å². The summed E-state index contributed by atoms with van der Waals surface area (Å²) >= 11 is 0. The molecule has 0 aliphatic carbocycles. The van der Waals surface area contributed by atoms with Gasteiger partial charge in [-0.3, -0.25) is 4.90 Å². The van der Waals surface area contributed by atoms with E-state index >= 15 is 0 Å². The molecule has 7 heteroatoms. The number of aromatic nitrogens is 1. The lowest BCUT2D eigenvalue weighted by Crippen LogP contribution is -2.39. The van der Waals surface area contributed by atoms with Crippen molar-refractivity contribution in [3.05, 3.63) is 59.4 Å². The second kappa shape index (κ2) is 10.6. The Bertz CT molecular complexity index is 1210. The zero-order valence-electron chi connectivity index (χ0n) is 21.8. The largest absolute Gasteiger partial charge is 0.459 e. The summed E-state index contributed by atoms with van der Waals surface area (Å²) in [6, 6.07) is 13.0. The number of carbonyl (C=O) groups is 1. The van der Waals surface area contributed by atoms with E-state index in [2.05, 4.69) is 57.7 Å². The molecule has 5 rings (SSSR count). The number of hydrogen-bond donors (Lipinski definition) is 0. The Balaban J connectivity index is 1.55. The van der Waals surface area contributed by atoms with E-state index in [1.807, 2.05) is 26.8 Å². The van der Waals surface area contributed by atoms with Crippen molar-refractivity contribution in [3.8, 4) is 11.1 Å². The number of carbonyl (C=O) groups excluding carboxylic acids is 1. The predicted molar refractivity (Wildman–Crippen MR) is 142 cm³/mol. The fraction of sp³-hybridized carbons (Fsp3) is 0.483. The maximum atomic E-state index is 13.1. The van der Waals surface area contributed by atoms with Gasteiger partial charge in [-0.25, -0.2) is 4.79 Å². The molecular weight excluding hydrogens is 454 g/mol. The summed E-state index contributed by atoms with van der Waals surface area (Å²) in [4.78, 5) is 17.8. The van der Waals surface area contributed by atoms with Crippen LogP contribution in [0.15, 0.2) is 42.6 Å². The van der Waals surface area contributed by atoms with Gasteiger partial charge in [0.15, 0.2) is 0 Å². The SMILES string of the molecule is Cc1c(C(=O)OC(C)C)cc2cc(-c3ccc(N4CCOCC4)cc3)cn2c1C(C)N1CCOCC1. The Morgan fingerprint density at radius 3 is 2.17 bits per heavy atom. The van der Waals surface area contributed by atoms with Crippen molar-refractivity contribution < 1.29 is 19.0 Å². The maximum Gasteiger partial charge on any atom is 0.338 e. The van der Waals surface area contributed by atoms with Gasteiger partial charge in [0.25, 0.3) is 0 Å². The minimum atomic E-state index is -0.266. The molecule has 192 valence electrons. The molecule has 4 heterocycles. The van der Waals surface area contributed by atoms with Crippen LogP contribution < -0.4 is 4.90 Å². The average molecular weight is 492 g/mol. The van der Waals surface area contributed by atoms with Crippen molar-refractivity contribution in [3.63, 3.8) is 0 Å². The number of fused-ring (bicyclic) bond motifs is 1. The minimum absolute atomic E-state index is 0.132. The van der Waals surface area contributed by atoms with E-state index in [1.54, 1.807) is 0 Å². The van der Waals surface area contributed by atoms with Crippen LogP contribution in [0.5, 0.6) is 0 Å². The van der Waals surface area contributed by atoms with E-state index < -0.39 is 0 Å². The van der Waals surface area contributed by atoms with Gasteiger partial charge < -0.3 is 23.5 Å². The molecule has 2 aromatic heterocycles. The Morgan fingerprint density at radius 2 is 1.53 bits per heavy atom. The molecule has 2 aliphatic heterocycles. The maximum absolute atomic E-state index is 13.1. The van der Waals surface area contributed by atoms with Crippen molar-refractivity contribution in [2.24, 2.45) is 0 Å². The van der Waals surface area contributed by atoms with Crippen molar-refractivity contribution >= 4 is 17.2 Å². The molecule has 0 amide bonds. The number of nitrogens with zero attached hydrogens (tertiary/aromatic N) is 3. The zero-order valence-corrected chi connectivity index (χ0v) is 21.8. The zero-order chi connectivity index (χ0) is 25.2. The Hall–Kier alpha value is -2.87. The van der Waals surface area contributed by atoms with Gasteiger partial charge in [0.05, 0.1) is 38.1 Å². The van der Waals surface area contributed by atoms with Gasteiger partial charge in [0, 0.05) is 60.9 Å². The van der Waals surface area contributed by atoms with Gasteiger partial charge in [0.1, 0.15) is 0 Å². The summed E-state index contributed by atoms with van der Waals surface area (Å²) in [6.45, 7) is 14.6. The first kappa shape index (κ1) is 24.8. The number of esters is 1. The van der Waals surface area contributed by atoms with Crippen molar-refractivity contribution in [1.82, 2.24) is 9.30 Å². The summed E-state index contributed by atoms with van der Waals surface area (Å²) < 4.78 is 19.0. The molecule has 0 spiro atoms. The van der Waals surface area contributed by atoms with Crippen molar-refractivity contribution in [2.45, 2.75) is 39.8 Å². The van der Waals surface area contributed by atoms with Crippen LogP contribution in [0.25, 0.3) is 16.6 Å². The van der Waals surface area contributed by atoms with E-state index in [9.17, 15) is 4.79 Å². The number of hydrogen-bond acceptors (Lipinski definition) is 6. The predicted octanol–water partition coefficient (Wildman–Crippen LogP) is 4.71. The van der Waals surface area contributed by atoms with Crippen LogP contribution in [0.2, 0.25) is 0 Å². The second-order valence-corrected chi connectivity index (χ2v) is 10.0. The van der Waals surface area contributed by atoms with Gasteiger partial charge >= 0.3 is 5.97 Å². The van der Waals surface area contributed by atoms with Gasteiger partial charge in [-0.2, -0.15) is 0 Å². The van der Waals surface area contributed by atoms with Crippen LogP contribution >= 0.6 is 0 Å². The third kappa shape index (κ3) is 5.01. The van der Waals surface area contributed by atoms with Crippen molar-refractivity contribution in [2.75, 3.05) is 57.5 Å². The molecule has 3 aromatic rings. The van der Waals surface area contributed by atoms with Crippen LogP contribution in [0.4, 0.5) is 5.69 Å². The monoisotopic (exact) mass is 491 g/mol. The number of anilines is 1. The fourth-order valence-electron chi connectivity index (χ4n) is 5.36. The molecule has 0 N–H and O–H groups in total. The average Bonchev–Trinajstić information content (AvgIpc) is 3.32. The van der Waals surface area contributed by atoms with E-state index in [0.29, 0.717) is 5.56 Å². The normalized spacial score (nSPS) is 18.1. The lowest BCUT2D eigenvalue weighted by molar-refractivity contribution is 0.0186. The highest BCUT2D eigenvalue weighted by Gasteiger charge is 2.26. The van der Waals surface area contributed by atoms with E-state index in [4.69, 9.17) is 14.2 Å². The summed E-state index contributed by atoms with van der Waals surface area (Å²) in [5.41, 5.74) is 7.25. The van der Waals surface area contributed by atoms with Crippen LogP contribution in [0, 0.1) is 6.92 Å². The molecule has 1 aromatic carbocycles. The Labute approximate surface area is 213 Å². The van der Waals surface area contributed by atoms with Gasteiger partial charge in [-0.05, 0) is 63.1 Å². The molecule has 0 saturated carbocycles.